The lowest BCUT2D eigenvalue weighted by Crippen LogP contribution is -2.15. The number of ether oxygens (including phenoxy) is 1. The largest absolute Gasteiger partial charge is 0.449 e. The van der Waals surface area contributed by atoms with Crippen molar-refractivity contribution >= 4 is 21.7 Å². The second-order valence-electron chi connectivity index (χ2n) is 7.50. The number of hydrogen-bond acceptors (Lipinski definition) is 7. The van der Waals surface area contributed by atoms with Crippen molar-refractivity contribution in [1.29, 1.82) is 0 Å². The number of aromatic nitrogens is 2. The second kappa shape index (κ2) is 9.44. The van der Waals surface area contributed by atoms with Crippen molar-refractivity contribution in [3.05, 3.63) is 95.6 Å². The molecular weight excluding hydrogens is 461 g/mol. The fourth-order valence-corrected chi connectivity index (χ4v) is 4.12. The summed E-state index contributed by atoms with van der Waals surface area (Å²) in [5, 5.41) is 7.93. The van der Waals surface area contributed by atoms with Crippen LogP contribution in [0.5, 0.6) is 0 Å². The van der Waals surface area contributed by atoms with E-state index < -0.39 is 27.9 Å². The van der Waals surface area contributed by atoms with Gasteiger partial charge in [0.25, 0.3) is 15.9 Å². The standard InChI is InChI=1S/C24H20FN3O5S/c1-15-6-8-17(9-7-15)23-27-26-22(33-23)16(2)32-24(29)18-4-3-5-21(14-18)34(30,31)28-20-12-10-19(25)11-13-20/h3-14,16,28H,1-2H3. The number of anilines is 1. The zero-order valence-electron chi connectivity index (χ0n) is 18.2. The van der Waals surface area contributed by atoms with Crippen molar-refractivity contribution in [3.63, 3.8) is 0 Å². The molecule has 4 aromatic rings. The zero-order chi connectivity index (χ0) is 24.3. The SMILES string of the molecule is Cc1ccc(-c2nnc(C(C)OC(=O)c3cccc(S(=O)(=O)Nc4ccc(F)cc4)c3)o2)cc1. The number of halogens is 1. The van der Waals surface area contributed by atoms with E-state index in [9.17, 15) is 17.6 Å². The van der Waals surface area contributed by atoms with E-state index in [-0.39, 0.29) is 27.9 Å². The van der Waals surface area contributed by atoms with E-state index >= 15 is 0 Å². The Morgan fingerprint density at radius 1 is 1.03 bits per heavy atom. The molecule has 1 atom stereocenters. The quantitative estimate of drug-likeness (QED) is 0.374. The van der Waals surface area contributed by atoms with Gasteiger partial charge in [0.15, 0.2) is 6.10 Å². The van der Waals surface area contributed by atoms with E-state index in [0.29, 0.717) is 0 Å². The number of esters is 1. The van der Waals surface area contributed by atoms with Gasteiger partial charge >= 0.3 is 5.97 Å². The first kappa shape index (κ1) is 23.1. The number of hydrogen-bond donors (Lipinski definition) is 1. The highest BCUT2D eigenvalue weighted by Gasteiger charge is 2.22. The van der Waals surface area contributed by atoms with Crippen LogP contribution in [0.15, 0.2) is 82.1 Å². The van der Waals surface area contributed by atoms with E-state index in [1.54, 1.807) is 6.92 Å². The van der Waals surface area contributed by atoms with Crippen molar-refractivity contribution in [1.82, 2.24) is 10.2 Å². The third kappa shape index (κ3) is 5.29. The van der Waals surface area contributed by atoms with E-state index in [1.807, 2.05) is 31.2 Å². The van der Waals surface area contributed by atoms with Gasteiger partial charge in [0.05, 0.1) is 10.5 Å². The molecule has 1 N–H and O–H groups in total. The summed E-state index contributed by atoms with van der Waals surface area (Å²) in [7, 11) is -4.01. The average Bonchev–Trinajstić information content (AvgIpc) is 3.31. The third-order valence-corrected chi connectivity index (χ3v) is 6.23. The molecule has 1 unspecified atom stereocenters. The predicted molar refractivity (Wildman–Crippen MR) is 122 cm³/mol. The zero-order valence-corrected chi connectivity index (χ0v) is 19.0. The Balaban J connectivity index is 1.47. The van der Waals surface area contributed by atoms with E-state index in [0.717, 1.165) is 23.3 Å². The molecule has 0 spiro atoms. The Morgan fingerprint density at radius 2 is 1.74 bits per heavy atom. The predicted octanol–water partition coefficient (Wildman–Crippen LogP) is 4.90. The topological polar surface area (TPSA) is 111 Å². The van der Waals surface area contributed by atoms with E-state index in [4.69, 9.17) is 9.15 Å². The van der Waals surface area contributed by atoms with Gasteiger partial charge < -0.3 is 9.15 Å². The van der Waals surface area contributed by atoms with Crippen LogP contribution in [0.3, 0.4) is 0 Å². The van der Waals surface area contributed by atoms with Crippen LogP contribution in [0, 0.1) is 12.7 Å². The molecular formula is C24H20FN3O5S. The molecule has 3 aromatic carbocycles. The summed E-state index contributed by atoms with van der Waals surface area (Å²) in [5.41, 5.74) is 2.02. The summed E-state index contributed by atoms with van der Waals surface area (Å²) in [4.78, 5) is 12.5. The van der Waals surface area contributed by atoms with Crippen LogP contribution in [-0.4, -0.2) is 24.6 Å². The first-order valence-electron chi connectivity index (χ1n) is 10.2. The first-order chi connectivity index (χ1) is 16.2. The van der Waals surface area contributed by atoms with Crippen LogP contribution in [0.4, 0.5) is 10.1 Å². The Morgan fingerprint density at radius 3 is 2.44 bits per heavy atom. The molecule has 34 heavy (non-hydrogen) atoms. The van der Waals surface area contributed by atoms with Crippen molar-refractivity contribution in [2.75, 3.05) is 4.72 Å². The number of sulfonamides is 1. The first-order valence-corrected chi connectivity index (χ1v) is 11.7. The number of aryl methyl sites for hydroxylation is 1. The minimum absolute atomic E-state index is 0.0205. The van der Waals surface area contributed by atoms with Gasteiger partial charge in [-0.25, -0.2) is 17.6 Å². The maximum atomic E-state index is 13.1. The molecule has 0 aliphatic carbocycles. The summed E-state index contributed by atoms with van der Waals surface area (Å²) in [6.07, 6.45) is -0.864. The van der Waals surface area contributed by atoms with Crippen LogP contribution in [-0.2, 0) is 14.8 Å². The molecule has 174 valence electrons. The Labute approximate surface area is 195 Å². The van der Waals surface area contributed by atoms with Crippen LogP contribution >= 0.6 is 0 Å². The molecule has 0 aliphatic rings. The van der Waals surface area contributed by atoms with Gasteiger partial charge in [-0.05, 0) is 68.4 Å². The molecule has 10 heteroatoms. The van der Waals surface area contributed by atoms with Crippen LogP contribution in [0.1, 0.15) is 34.8 Å². The molecule has 0 aliphatic heterocycles. The molecule has 4 rings (SSSR count). The van der Waals surface area contributed by atoms with Crippen molar-refractivity contribution in [3.8, 4) is 11.5 Å². The fraction of sp³-hybridized carbons (Fsp3) is 0.125. The monoisotopic (exact) mass is 481 g/mol. The summed E-state index contributed by atoms with van der Waals surface area (Å²) in [5.74, 6) is -0.862. The van der Waals surface area contributed by atoms with Crippen LogP contribution < -0.4 is 4.72 Å². The summed E-state index contributed by atoms with van der Waals surface area (Å²) < 4.78 is 51.8. The van der Waals surface area contributed by atoms with Crippen LogP contribution in [0.2, 0.25) is 0 Å². The third-order valence-electron chi connectivity index (χ3n) is 4.85. The fourth-order valence-electron chi connectivity index (χ4n) is 3.01. The smallest absolute Gasteiger partial charge is 0.338 e. The molecule has 0 bridgehead atoms. The lowest BCUT2D eigenvalue weighted by Gasteiger charge is -2.11. The van der Waals surface area contributed by atoms with Gasteiger partial charge in [0.1, 0.15) is 5.82 Å². The number of nitrogens with zero attached hydrogens (tertiary/aromatic N) is 2. The van der Waals surface area contributed by atoms with Gasteiger partial charge in [0.2, 0.25) is 5.89 Å². The van der Waals surface area contributed by atoms with Gasteiger partial charge in [-0.3, -0.25) is 4.72 Å². The van der Waals surface area contributed by atoms with Crippen molar-refractivity contribution in [2.45, 2.75) is 24.8 Å². The number of nitrogens with one attached hydrogen (secondary N) is 1. The minimum Gasteiger partial charge on any atom is -0.449 e. The lowest BCUT2D eigenvalue weighted by molar-refractivity contribution is 0.0279. The maximum Gasteiger partial charge on any atom is 0.338 e. The van der Waals surface area contributed by atoms with Gasteiger partial charge in [-0.15, -0.1) is 10.2 Å². The molecule has 0 amide bonds. The highest BCUT2D eigenvalue weighted by atomic mass is 32.2. The number of carbonyl (C=O) groups is 1. The molecule has 0 saturated carbocycles. The van der Waals surface area contributed by atoms with E-state index in [2.05, 4.69) is 14.9 Å². The minimum atomic E-state index is -4.01. The molecule has 1 heterocycles. The number of benzene rings is 3. The summed E-state index contributed by atoms with van der Waals surface area (Å²) in [6, 6.07) is 17.7. The highest BCUT2D eigenvalue weighted by Crippen LogP contribution is 2.24. The molecule has 1 aromatic heterocycles. The van der Waals surface area contributed by atoms with Crippen molar-refractivity contribution < 1.29 is 26.8 Å². The Bertz CT molecular complexity index is 1420. The molecule has 8 nitrogen and oxygen atoms in total. The van der Waals surface area contributed by atoms with Gasteiger partial charge in [-0.1, -0.05) is 23.8 Å². The summed E-state index contributed by atoms with van der Waals surface area (Å²) in [6.45, 7) is 3.53. The molecule has 0 radical (unpaired) electrons. The number of carbonyl (C=O) groups excluding carboxylic acids is 1. The van der Waals surface area contributed by atoms with Crippen LogP contribution in [0.25, 0.3) is 11.5 Å². The van der Waals surface area contributed by atoms with Gasteiger partial charge in [0, 0.05) is 11.3 Å². The average molecular weight is 482 g/mol. The van der Waals surface area contributed by atoms with Crippen molar-refractivity contribution in [2.24, 2.45) is 0 Å². The van der Waals surface area contributed by atoms with E-state index in [1.165, 1.54) is 36.4 Å². The Kier molecular flexibility index (Phi) is 6.42. The molecule has 0 saturated heterocycles. The Hall–Kier alpha value is -4.05. The second-order valence-corrected chi connectivity index (χ2v) is 9.18. The molecule has 0 fully saturated rings. The number of rotatable bonds is 7. The lowest BCUT2D eigenvalue weighted by atomic mass is 10.1. The normalized spacial score (nSPS) is 12.2. The van der Waals surface area contributed by atoms with Gasteiger partial charge in [-0.2, -0.15) is 0 Å². The summed E-state index contributed by atoms with van der Waals surface area (Å²) >= 11 is 0. The highest BCUT2D eigenvalue weighted by molar-refractivity contribution is 7.92. The maximum absolute atomic E-state index is 13.1.